The Labute approximate surface area is 176 Å². The molecular formula is C21H21F3N6O. The zero-order chi connectivity index (χ0) is 22.0. The molecule has 0 aliphatic carbocycles. The van der Waals surface area contributed by atoms with Gasteiger partial charge in [0.1, 0.15) is 5.69 Å². The van der Waals surface area contributed by atoms with Crippen LogP contribution in [0.25, 0.3) is 22.0 Å². The fourth-order valence-corrected chi connectivity index (χ4v) is 3.41. The van der Waals surface area contributed by atoms with Gasteiger partial charge in [0, 0.05) is 43.3 Å². The number of hydrogen-bond acceptors (Lipinski definition) is 6. The highest BCUT2D eigenvalue weighted by molar-refractivity contribution is 5.93. The molecule has 0 unspecified atom stereocenters. The molecule has 1 aromatic carbocycles. The number of fused-ring (bicyclic) bond motifs is 1. The van der Waals surface area contributed by atoms with Crippen molar-refractivity contribution in [3.8, 4) is 11.1 Å². The Morgan fingerprint density at radius 3 is 2.45 bits per heavy atom. The molecule has 162 valence electrons. The highest BCUT2D eigenvalue weighted by Gasteiger charge is 2.32. The minimum Gasteiger partial charge on any atom is -0.308 e. The smallest absolute Gasteiger partial charge is 0.308 e. The van der Waals surface area contributed by atoms with Crippen LogP contribution in [0.4, 0.5) is 19.0 Å². The number of nitrogens with one attached hydrogen (secondary N) is 1. The van der Waals surface area contributed by atoms with Crippen molar-refractivity contribution < 1.29 is 18.0 Å². The molecule has 0 bridgehead atoms. The highest BCUT2D eigenvalue weighted by atomic mass is 19.4. The molecule has 1 fully saturated rings. The summed E-state index contributed by atoms with van der Waals surface area (Å²) in [5, 5.41) is 11.7. The maximum Gasteiger partial charge on any atom is 0.433 e. The van der Waals surface area contributed by atoms with Crippen LogP contribution in [0.15, 0.2) is 42.6 Å². The molecule has 3 aromatic rings. The van der Waals surface area contributed by atoms with Crippen molar-refractivity contribution in [1.29, 1.82) is 0 Å². The first-order valence-corrected chi connectivity index (χ1v) is 9.80. The molecule has 4 rings (SSSR count). The number of hydrogen-bond donors (Lipinski definition) is 1. The first-order valence-electron chi connectivity index (χ1n) is 9.80. The number of halogens is 3. The molecule has 31 heavy (non-hydrogen) atoms. The Hall–Kier alpha value is -3.11. The van der Waals surface area contributed by atoms with Gasteiger partial charge in [-0.05, 0) is 36.9 Å². The number of piperazine rings is 1. The minimum atomic E-state index is -4.48. The van der Waals surface area contributed by atoms with E-state index in [0.29, 0.717) is 27.8 Å². The number of carbonyl (C=O) groups excluding carboxylic acids is 1. The van der Waals surface area contributed by atoms with Crippen LogP contribution in [0.1, 0.15) is 5.69 Å². The number of carbonyl (C=O) groups is 1. The van der Waals surface area contributed by atoms with Crippen LogP contribution in [0.2, 0.25) is 0 Å². The fraction of sp³-hybridized carbons (Fsp3) is 0.333. The Bertz CT molecular complexity index is 1080. The second-order valence-corrected chi connectivity index (χ2v) is 7.56. The second kappa shape index (κ2) is 8.56. The van der Waals surface area contributed by atoms with Crippen molar-refractivity contribution in [2.45, 2.75) is 6.18 Å². The van der Waals surface area contributed by atoms with E-state index >= 15 is 0 Å². The Balaban J connectivity index is 1.49. The second-order valence-electron chi connectivity index (χ2n) is 7.56. The van der Waals surface area contributed by atoms with Gasteiger partial charge in [0.2, 0.25) is 5.91 Å². The van der Waals surface area contributed by atoms with Crippen molar-refractivity contribution in [2.75, 3.05) is 45.1 Å². The van der Waals surface area contributed by atoms with Crippen LogP contribution >= 0.6 is 0 Å². The third-order valence-corrected chi connectivity index (χ3v) is 5.20. The monoisotopic (exact) mass is 430 g/mol. The number of likely N-dealkylation sites (N-methyl/N-ethyl adjacent to an activating group) is 1. The van der Waals surface area contributed by atoms with Crippen molar-refractivity contribution in [3.63, 3.8) is 0 Å². The van der Waals surface area contributed by atoms with Crippen LogP contribution in [-0.2, 0) is 11.0 Å². The number of aromatic nitrogens is 3. The number of anilines is 1. The van der Waals surface area contributed by atoms with Crippen molar-refractivity contribution in [1.82, 2.24) is 25.0 Å². The van der Waals surface area contributed by atoms with Crippen molar-refractivity contribution in [2.24, 2.45) is 0 Å². The fourth-order valence-electron chi connectivity index (χ4n) is 3.41. The summed E-state index contributed by atoms with van der Waals surface area (Å²) in [4.78, 5) is 20.2. The largest absolute Gasteiger partial charge is 0.433 e. The number of amides is 1. The van der Waals surface area contributed by atoms with Gasteiger partial charge in [-0.25, -0.2) is 0 Å². The molecule has 0 saturated carbocycles. The topological polar surface area (TPSA) is 74.2 Å². The van der Waals surface area contributed by atoms with Crippen molar-refractivity contribution in [3.05, 3.63) is 48.3 Å². The zero-order valence-corrected chi connectivity index (χ0v) is 16.9. The van der Waals surface area contributed by atoms with E-state index in [2.05, 4.69) is 37.3 Å². The number of pyridine rings is 1. The summed E-state index contributed by atoms with van der Waals surface area (Å²) < 4.78 is 38.2. The van der Waals surface area contributed by atoms with E-state index in [9.17, 15) is 18.0 Å². The average molecular weight is 430 g/mol. The van der Waals surface area contributed by atoms with Crippen LogP contribution in [-0.4, -0.2) is 70.7 Å². The zero-order valence-electron chi connectivity index (χ0n) is 16.9. The van der Waals surface area contributed by atoms with Crippen LogP contribution in [0.3, 0.4) is 0 Å². The summed E-state index contributed by atoms with van der Waals surface area (Å²) in [6.07, 6.45) is -3.29. The Kier molecular flexibility index (Phi) is 5.84. The lowest BCUT2D eigenvalue weighted by atomic mass is 10.0. The highest BCUT2D eigenvalue weighted by Crippen LogP contribution is 2.30. The van der Waals surface area contributed by atoms with E-state index in [1.54, 1.807) is 24.3 Å². The average Bonchev–Trinajstić information content (AvgIpc) is 2.74. The molecule has 1 aliphatic heterocycles. The Morgan fingerprint density at radius 1 is 1.03 bits per heavy atom. The molecule has 0 radical (unpaired) electrons. The number of benzene rings is 1. The summed E-state index contributed by atoms with van der Waals surface area (Å²) in [7, 11) is 2.05. The molecule has 0 atom stereocenters. The Morgan fingerprint density at radius 2 is 1.77 bits per heavy atom. The van der Waals surface area contributed by atoms with Crippen LogP contribution in [0, 0.1) is 0 Å². The molecule has 7 nitrogen and oxygen atoms in total. The molecule has 2 aromatic heterocycles. The lowest BCUT2D eigenvalue weighted by molar-refractivity contribution is -0.141. The molecule has 0 spiro atoms. The van der Waals surface area contributed by atoms with E-state index < -0.39 is 11.9 Å². The van der Waals surface area contributed by atoms with Gasteiger partial charge in [0.05, 0.1) is 12.1 Å². The number of rotatable bonds is 4. The molecule has 1 aliphatic rings. The number of nitrogens with zero attached hydrogens (tertiary/aromatic N) is 5. The number of alkyl halides is 3. The molecule has 1 saturated heterocycles. The first kappa shape index (κ1) is 21.1. The summed E-state index contributed by atoms with van der Waals surface area (Å²) in [6, 6.07) is 9.28. The normalized spacial score (nSPS) is 15.9. The maximum atomic E-state index is 12.7. The minimum absolute atomic E-state index is 0.165. The van der Waals surface area contributed by atoms with E-state index in [-0.39, 0.29) is 12.5 Å². The van der Waals surface area contributed by atoms with Crippen molar-refractivity contribution >= 4 is 22.6 Å². The summed E-state index contributed by atoms with van der Waals surface area (Å²) in [5.74, 6) is 0.163. The van der Waals surface area contributed by atoms with E-state index in [0.717, 1.165) is 32.2 Å². The first-order chi connectivity index (χ1) is 14.8. The van der Waals surface area contributed by atoms with Gasteiger partial charge in [-0.3, -0.25) is 14.7 Å². The summed E-state index contributed by atoms with van der Waals surface area (Å²) in [5.41, 5.74) is 0.915. The quantitative estimate of drug-likeness (QED) is 0.686. The van der Waals surface area contributed by atoms with Gasteiger partial charge in [-0.1, -0.05) is 12.1 Å². The van der Waals surface area contributed by atoms with Gasteiger partial charge in [-0.15, -0.1) is 10.2 Å². The molecule has 1 N–H and O–H groups in total. The predicted octanol–water partition coefficient (Wildman–Crippen LogP) is 2.90. The summed E-state index contributed by atoms with van der Waals surface area (Å²) >= 11 is 0. The molecule has 10 heteroatoms. The molecule has 3 heterocycles. The van der Waals surface area contributed by atoms with Crippen LogP contribution in [0.5, 0.6) is 0 Å². The third kappa shape index (κ3) is 5.15. The van der Waals surface area contributed by atoms with Gasteiger partial charge >= 0.3 is 6.18 Å². The third-order valence-electron chi connectivity index (χ3n) is 5.20. The van der Waals surface area contributed by atoms with Gasteiger partial charge < -0.3 is 10.2 Å². The van der Waals surface area contributed by atoms with Crippen LogP contribution < -0.4 is 5.32 Å². The van der Waals surface area contributed by atoms with E-state index in [4.69, 9.17) is 0 Å². The van der Waals surface area contributed by atoms with E-state index in [1.165, 1.54) is 12.3 Å². The van der Waals surface area contributed by atoms with Gasteiger partial charge in [0.25, 0.3) is 0 Å². The van der Waals surface area contributed by atoms with E-state index in [1.807, 2.05) is 0 Å². The van der Waals surface area contributed by atoms with Gasteiger partial charge in [-0.2, -0.15) is 13.2 Å². The lowest BCUT2D eigenvalue weighted by Crippen LogP contribution is -2.47. The van der Waals surface area contributed by atoms with Gasteiger partial charge in [0.15, 0.2) is 5.82 Å². The standard InChI is InChI=1S/C21H21F3N6O/c1-29-6-8-30(9-7-29)13-20(31)26-19-11-16-10-14(2-4-17(16)27-28-19)15-3-5-18(25-12-15)21(22,23)24/h2-5,10-12H,6-9,13H2,1H3,(H,26,28,31). The SMILES string of the molecule is CN1CCN(CC(=O)Nc2cc3cc(-c4ccc(C(F)(F)F)nc4)ccc3nn2)CC1. The lowest BCUT2D eigenvalue weighted by Gasteiger charge is -2.31. The maximum absolute atomic E-state index is 12.7. The molecular weight excluding hydrogens is 409 g/mol. The summed E-state index contributed by atoms with van der Waals surface area (Å²) in [6.45, 7) is 3.79. The predicted molar refractivity (Wildman–Crippen MR) is 110 cm³/mol. The molecule has 1 amide bonds.